The van der Waals surface area contributed by atoms with Gasteiger partial charge in [-0.25, -0.2) is 0 Å². The number of carbonyl (C=O) groups is 8. The van der Waals surface area contributed by atoms with Crippen molar-refractivity contribution in [2.45, 2.75) is 113 Å². The van der Waals surface area contributed by atoms with E-state index in [0.29, 0.717) is 38.5 Å². The summed E-state index contributed by atoms with van der Waals surface area (Å²) in [6, 6.07) is 7.97. The number of carbonyl (C=O) groups excluding carboxylic acids is 8. The molecule has 30 rings (SSSR count). The summed E-state index contributed by atoms with van der Waals surface area (Å²) in [7, 11) is 0. The van der Waals surface area contributed by atoms with Crippen LogP contribution in [0.1, 0.15) is 172 Å². The van der Waals surface area contributed by atoms with Crippen LogP contribution in [0.4, 0.5) is 0 Å². The van der Waals surface area contributed by atoms with Crippen molar-refractivity contribution in [1.29, 1.82) is 0 Å². The van der Waals surface area contributed by atoms with Crippen LogP contribution in [-0.2, 0) is 0 Å². The molecule has 18 nitrogen and oxygen atoms in total. The fourth-order valence-corrected chi connectivity index (χ4v) is 14.7. The molecule has 366 valence electrons. The molecule has 0 saturated heterocycles. The normalized spacial score (nSPS) is 25.2. The quantitative estimate of drug-likeness (QED) is 0.177. The van der Waals surface area contributed by atoms with Crippen molar-refractivity contribution < 1.29 is 38.4 Å². The van der Waals surface area contributed by atoms with Gasteiger partial charge in [-0.1, -0.05) is 38.5 Å². The minimum atomic E-state index is -1.00. The van der Waals surface area contributed by atoms with E-state index in [2.05, 4.69) is 0 Å². The van der Waals surface area contributed by atoms with E-state index in [9.17, 15) is 57.5 Å². The Labute approximate surface area is 416 Å². The van der Waals surface area contributed by atoms with Crippen LogP contribution in [0, 0.1) is 0 Å². The Kier molecular flexibility index (Phi) is 8.48. The van der Waals surface area contributed by atoms with Gasteiger partial charge < -0.3 is 0 Å². The summed E-state index contributed by atoms with van der Waals surface area (Å²) < 4.78 is 2.06. The molecule has 3 saturated carbocycles. The highest BCUT2D eigenvalue weighted by atomic mass is 16.2. The third-order valence-electron chi connectivity index (χ3n) is 17.9. The Hall–Kier alpha value is -8.54. The van der Waals surface area contributed by atoms with Crippen LogP contribution in [0.2, 0.25) is 0 Å². The molecular weight excluding hydrogens is 949 g/mol. The molecule has 22 heterocycles. The molecule has 0 radical (unpaired) electrons. The fourth-order valence-electron chi connectivity index (χ4n) is 14.7. The summed E-state index contributed by atoms with van der Waals surface area (Å²) in [5, 5.41) is -0.0824. The predicted octanol–water partition coefficient (Wildman–Crippen LogP) is 5.30. The average Bonchev–Trinajstić information content (AvgIpc) is 3.87. The third-order valence-corrected chi connectivity index (χ3v) is 17.9. The molecule has 3 aliphatic carbocycles. The summed E-state index contributed by atoms with van der Waals surface area (Å²) in [6.07, 6.45) is 4.70. The van der Waals surface area contributed by atoms with Gasteiger partial charge in [0.05, 0.1) is 57.8 Å². The van der Waals surface area contributed by atoms with Gasteiger partial charge in [0.2, 0.25) is 0 Å². The maximum atomic E-state index is 15.0. The number of amides is 8. The zero-order chi connectivity index (χ0) is 50.7. The minimum Gasteiger partial charge on any atom is -0.269 e. The molecule has 5 aromatic carbocycles. The number of nitrogens with zero attached hydrogens (tertiary/aromatic N) is 6. The largest absolute Gasteiger partial charge is 0.269 e. The minimum absolute atomic E-state index is 0.0396. The number of hydrogen-bond donors (Lipinski definition) is 0. The molecule has 0 N–H and O–H groups in total. The monoisotopic (exact) mass is 988 g/mol. The highest BCUT2D eigenvalue weighted by molar-refractivity contribution is 6.35. The van der Waals surface area contributed by atoms with Crippen LogP contribution in [0.5, 0.6) is 0 Å². The molecule has 3 fully saturated rings. The van der Waals surface area contributed by atoms with E-state index in [-0.39, 0.29) is 126 Å². The molecule has 1 unspecified atom stereocenters. The first-order chi connectivity index (χ1) is 35.8. The summed E-state index contributed by atoms with van der Waals surface area (Å²) in [5.74, 6) is -5.87. The first kappa shape index (κ1) is 43.1. The Morgan fingerprint density at radius 3 is 0.635 bits per heavy atom. The third kappa shape index (κ3) is 5.09. The maximum Gasteiger partial charge on any atom is 0.261 e. The molecule has 2 aromatic heterocycles. The molecule has 23 aliphatic rings. The van der Waals surface area contributed by atoms with E-state index in [4.69, 9.17) is 0 Å². The van der Waals surface area contributed by atoms with Gasteiger partial charge in [-0.15, -0.1) is 0 Å². The standard InChI is InChI=1S/C56H40N6O12/c63-45-23-13-17-27-43-28-18-14-24(41(23)43)46(64)57(45)35-7-1-2-8-36(35)58-47(65)25-15-19-29-44-30(20-16-26(42(25)44)48(58)66)52(70)60(51(29)69)38-10-4-6-12-40(38)62-55(73)33-21-31-32(22-34(33)56(62)74)54(72)61(53(31)71)39-11-5-3-9-37(39)59(49(27)67)50(28)68/h13-22,35-40H,1-12H2/t35-,36-,37-,38-,39-,40?/m0/s1. The SMILES string of the molecule is O=C1c2ccc3c4c5ccc(c24)C(=O)N1[C@H]1CCCCC1n1c(=O)c2cc4c(=O)n(c(=O)c4cc2c1=O)[C@H]1CCCC[C@@H]1N1C(=O)c2ccc4c6c(ccc(c26)C1=O)C(=O)N(C4=O)[C@H]1CCCC[C@@H]1N(C3=O)C5=O. The van der Waals surface area contributed by atoms with E-state index < -0.39 is 106 Å². The van der Waals surface area contributed by atoms with Crippen molar-refractivity contribution in [1.82, 2.24) is 28.7 Å². The van der Waals surface area contributed by atoms with Gasteiger partial charge in [-0.2, -0.15) is 0 Å². The van der Waals surface area contributed by atoms with Crippen molar-refractivity contribution in [3.05, 3.63) is 147 Å². The lowest BCUT2D eigenvalue weighted by Gasteiger charge is -2.46. The predicted molar refractivity (Wildman–Crippen MR) is 263 cm³/mol. The van der Waals surface area contributed by atoms with E-state index in [1.165, 1.54) is 60.7 Å². The highest BCUT2D eigenvalue weighted by Crippen LogP contribution is 2.46. The highest BCUT2D eigenvalue weighted by Gasteiger charge is 2.52. The van der Waals surface area contributed by atoms with Crippen LogP contribution in [0.15, 0.2) is 79.8 Å². The van der Waals surface area contributed by atoms with Crippen molar-refractivity contribution in [3.63, 3.8) is 0 Å². The molecule has 74 heavy (non-hydrogen) atoms. The molecule has 0 spiro atoms. The molecule has 20 aliphatic heterocycles. The van der Waals surface area contributed by atoms with E-state index in [0.717, 1.165) is 28.7 Å². The molecule has 7 aromatic rings. The molecule has 8 amide bonds. The van der Waals surface area contributed by atoms with Crippen LogP contribution in [-0.4, -0.2) is 100 Å². The summed E-state index contributed by atoms with van der Waals surface area (Å²) in [4.78, 5) is 183. The summed E-state index contributed by atoms with van der Waals surface area (Å²) in [5.41, 5.74) is -2.73. The van der Waals surface area contributed by atoms with Gasteiger partial charge in [0.25, 0.3) is 69.5 Å². The van der Waals surface area contributed by atoms with Crippen LogP contribution in [0.25, 0.3) is 43.1 Å². The molecular formula is C56H40N6O12. The van der Waals surface area contributed by atoms with Gasteiger partial charge in [0.1, 0.15) is 0 Å². The Morgan fingerprint density at radius 1 is 0.257 bits per heavy atom. The number of benzene rings is 5. The van der Waals surface area contributed by atoms with Crippen molar-refractivity contribution in [2.75, 3.05) is 0 Å². The topological polar surface area (TPSA) is 228 Å². The van der Waals surface area contributed by atoms with E-state index in [1.54, 1.807) is 0 Å². The first-order valence-corrected chi connectivity index (χ1v) is 25.4. The smallest absolute Gasteiger partial charge is 0.261 e. The van der Waals surface area contributed by atoms with Gasteiger partial charge in [0.15, 0.2) is 0 Å². The van der Waals surface area contributed by atoms with Crippen LogP contribution in [0.3, 0.4) is 0 Å². The van der Waals surface area contributed by atoms with E-state index >= 15 is 0 Å². The lowest BCUT2D eigenvalue weighted by Crippen LogP contribution is -2.61. The summed E-state index contributed by atoms with van der Waals surface area (Å²) in [6.45, 7) is 0. The van der Waals surface area contributed by atoms with Gasteiger partial charge in [-0.3, -0.25) is 86.3 Å². The molecule has 6 atom stereocenters. The Bertz CT molecular complexity index is 3750. The zero-order valence-corrected chi connectivity index (χ0v) is 39.3. The van der Waals surface area contributed by atoms with Crippen LogP contribution >= 0.6 is 0 Å². The van der Waals surface area contributed by atoms with Crippen molar-refractivity contribution >= 4 is 90.3 Å². The first-order valence-electron chi connectivity index (χ1n) is 25.4. The average molecular weight is 989 g/mol. The number of hydrogen-bond acceptors (Lipinski definition) is 12. The summed E-state index contributed by atoms with van der Waals surface area (Å²) >= 11 is 0. The van der Waals surface area contributed by atoms with Gasteiger partial charge in [-0.05, 0) is 99.2 Å². The number of rotatable bonds is 0. The van der Waals surface area contributed by atoms with Crippen molar-refractivity contribution in [3.8, 4) is 0 Å². The number of aromatic nitrogens is 2. The lowest BCUT2D eigenvalue weighted by atomic mass is 9.80. The van der Waals surface area contributed by atoms with Crippen molar-refractivity contribution in [2.24, 2.45) is 0 Å². The second-order valence-electron chi connectivity index (χ2n) is 21.2. The maximum absolute atomic E-state index is 15.0. The van der Waals surface area contributed by atoms with E-state index in [1.807, 2.05) is 0 Å². The lowest BCUT2D eigenvalue weighted by molar-refractivity contribution is 0.0241. The van der Waals surface area contributed by atoms with Gasteiger partial charge in [0, 0.05) is 66.1 Å². The second-order valence-corrected chi connectivity index (χ2v) is 21.2. The molecule has 22 bridgehead atoms. The molecule has 18 heteroatoms. The van der Waals surface area contributed by atoms with Crippen LogP contribution < -0.4 is 22.2 Å². The fraction of sp³-hybridized carbons (Fsp3) is 0.321. The Balaban J connectivity index is 0.960. The number of imide groups is 4. The zero-order valence-electron chi connectivity index (χ0n) is 39.3. The Morgan fingerprint density at radius 2 is 0.432 bits per heavy atom. The van der Waals surface area contributed by atoms with Gasteiger partial charge >= 0.3 is 0 Å². The second kappa shape index (κ2) is 14.6.